The molecule has 0 N–H and O–H groups in total. The SMILES string of the molecule is COc1ccc(-c2cc(-c3cc(OC)c(OC)c(OC)c3)on2)cc1OC. The highest BCUT2D eigenvalue weighted by atomic mass is 16.5. The standard InChI is InChI=1S/C20H21NO6/c1-22-15-7-6-12(8-17(15)23-2)14-11-16(27-21-14)13-9-18(24-3)20(26-5)19(10-13)25-4/h6-11H,1-5H3. The van der Waals surface area contributed by atoms with E-state index in [4.69, 9.17) is 28.2 Å². The number of aromatic nitrogens is 1. The Morgan fingerprint density at radius 1 is 0.630 bits per heavy atom. The van der Waals surface area contributed by atoms with E-state index >= 15 is 0 Å². The molecule has 0 aliphatic rings. The maximum atomic E-state index is 5.53. The Kier molecular flexibility index (Phi) is 5.40. The topological polar surface area (TPSA) is 72.2 Å². The molecule has 142 valence electrons. The summed E-state index contributed by atoms with van der Waals surface area (Å²) in [5.41, 5.74) is 2.26. The molecule has 0 saturated heterocycles. The van der Waals surface area contributed by atoms with E-state index < -0.39 is 0 Å². The van der Waals surface area contributed by atoms with Crippen molar-refractivity contribution in [3.8, 4) is 51.3 Å². The van der Waals surface area contributed by atoms with Crippen LogP contribution < -0.4 is 23.7 Å². The zero-order valence-electron chi connectivity index (χ0n) is 15.9. The van der Waals surface area contributed by atoms with E-state index in [0.29, 0.717) is 40.2 Å². The van der Waals surface area contributed by atoms with Gasteiger partial charge in [0.2, 0.25) is 5.75 Å². The van der Waals surface area contributed by atoms with Crippen LogP contribution in [0, 0.1) is 0 Å². The normalized spacial score (nSPS) is 10.4. The highest BCUT2D eigenvalue weighted by Crippen LogP contribution is 2.42. The summed E-state index contributed by atoms with van der Waals surface area (Å²) in [6, 6.07) is 11.0. The lowest BCUT2D eigenvalue weighted by Gasteiger charge is -2.13. The third kappa shape index (κ3) is 3.48. The summed E-state index contributed by atoms with van der Waals surface area (Å²) in [5.74, 6) is 3.43. The molecule has 0 atom stereocenters. The number of rotatable bonds is 7. The third-order valence-corrected chi connectivity index (χ3v) is 4.14. The van der Waals surface area contributed by atoms with Crippen molar-refractivity contribution in [1.29, 1.82) is 0 Å². The Morgan fingerprint density at radius 3 is 1.78 bits per heavy atom. The summed E-state index contributed by atoms with van der Waals surface area (Å²) in [4.78, 5) is 0. The fourth-order valence-electron chi connectivity index (χ4n) is 2.77. The van der Waals surface area contributed by atoms with E-state index in [1.165, 1.54) is 0 Å². The van der Waals surface area contributed by atoms with E-state index in [1.807, 2.05) is 24.3 Å². The largest absolute Gasteiger partial charge is 0.493 e. The molecule has 7 nitrogen and oxygen atoms in total. The first kappa shape index (κ1) is 18.4. The van der Waals surface area contributed by atoms with Gasteiger partial charge in [-0.1, -0.05) is 5.16 Å². The lowest BCUT2D eigenvalue weighted by molar-refractivity contribution is 0.324. The van der Waals surface area contributed by atoms with Crippen molar-refractivity contribution < 1.29 is 28.2 Å². The Bertz CT molecular complexity index is 909. The molecule has 1 heterocycles. The van der Waals surface area contributed by atoms with Crippen LogP contribution in [0.15, 0.2) is 40.9 Å². The summed E-state index contributed by atoms with van der Waals surface area (Å²) in [6.45, 7) is 0. The molecule has 0 aliphatic carbocycles. The van der Waals surface area contributed by atoms with Crippen molar-refractivity contribution in [3.05, 3.63) is 36.4 Å². The van der Waals surface area contributed by atoms with E-state index in [1.54, 1.807) is 47.7 Å². The molecule has 0 unspecified atom stereocenters. The van der Waals surface area contributed by atoms with Crippen LogP contribution in [0.2, 0.25) is 0 Å². The molecule has 3 rings (SSSR count). The predicted molar refractivity (Wildman–Crippen MR) is 100 cm³/mol. The lowest BCUT2D eigenvalue weighted by atomic mass is 10.1. The molecule has 0 spiro atoms. The summed E-state index contributed by atoms with van der Waals surface area (Å²) in [7, 11) is 7.87. The first-order chi connectivity index (χ1) is 13.1. The van der Waals surface area contributed by atoms with Gasteiger partial charge in [0.1, 0.15) is 5.69 Å². The highest BCUT2D eigenvalue weighted by molar-refractivity contribution is 5.72. The zero-order valence-corrected chi connectivity index (χ0v) is 15.9. The van der Waals surface area contributed by atoms with Crippen LogP contribution in [0.25, 0.3) is 22.6 Å². The van der Waals surface area contributed by atoms with Gasteiger partial charge in [0.05, 0.1) is 35.5 Å². The van der Waals surface area contributed by atoms with Crippen molar-refractivity contribution in [2.24, 2.45) is 0 Å². The highest BCUT2D eigenvalue weighted by Gasteiger charge is 2.17. The molecule has 0 bridgehead atoms. The molecule has 0 aliphatic heterocycles. The zero-order chi connectivity index (χ0) is 19.4. The van der Waals surface area contributed by atoms with Crippen LogP contribution in [0.1, 0.15) is 0 Å². The maximum Gasteiger partial charge on any atom is 0.203 e. The van der Waals surface area contributed by atoms with Gasteiger partial charge in [0, 0.05) is 17.2 Å². The number of ether oxygens (including phenoxy) is 5. The van der Waals surface area contributed by atoms with Gasteiger partial charge < -0.3 is 28.2 Å². The molecule has 3 aromatic rings. The molecule has 0 saturated carbocycles. The van der Waals surface area contributed by atoms with Gasteiger partial charge >= 0.3 is 0 Å². The van der Waals surface area contributed by atoms with Gasteiger partial charge in [-0.05, 0) is 30.3 Å². The number of benzene rings is 2. The monoisotopic (exact) mass is 371 g/mol. The van der Waals surface area contributed by atoms with Crippen molar-refractivity contribution in [2.45, 2.75) is 0 Å². The number of hydrogen-bond donors (Lipinski definition) is 0. The Labute approximate surface area is 157 Å². The van der Waals surface area contributed by atoms with Crippen LogP contribution in [-0.2, 0) is 0 Å². The first-order valence-electron chi connectivity index (χ1n) is 8.14. The molecule has 7 heteroatoms. The Balaban J connectivity index is 2.01. The Hall–Kier alpha value is -3.35. The first-order valence-corrected chi connectivity index (χ1v) is 8.14. The van der Waals surface area contributed by atoms with E-state index in [9.17, 15) is 0 Å². The molecule has 0 fully saturated rings. The summed E-state index contributed by atoms with van der Waals surface area (Å²) in [5, 5.41) is 4.16. The van der Waals surface area contributed by atoms with Crippen LogP contribution in [-0.4, -0.2) is 40.7 Å². The second kappa shape index (κ2) is 7.90. The molecule has 0 radical (unpaired) electrons. The fraction of sp³-hybridized carbons (Fsp3) is 0.250. The quantitative estimate of drug-likeness (QED) is 0.620. The summed E-state index contributed by atoms with van der Waals surface area (Å²) < 4.78 is 32.3. The van der Waals surface area contributed by atoms with Crippen molar-refractivity contribution in [2.75, 3.05) is 35.5 Å². The van der Waals surface area contributed by atoms with Gasteiger partial charge in [0.25, 0.3) is 0 Å². The average molecular weight is 371 g/mol. The second-order valence-electron chi connectivity index (χ2n) is 5.56. The third-order valence-electron chi connectivity index (χ3n) is 4.14. The molecule has 27 heavy (non-hydrogen) atoms. The summed E-state index contributed by atoms with van der Waals surface area (Å²) >= 11 is 0. The number of nitrogens with zero attached hydrogens (tertiary/aromatic N) is 1. The number of methoxy groups -OCH3 is 5. The Morgan fingerprint density at radius 2 is 1.22 bits per heavy atom. The van der Waals surface area contributed by atoms with Gasteiger partial charge in [-0.25, -0.2) is 0 Å². The van der Waals surface area contributed by atoms with E-state index in [2.05, 4.69) is 5.16 Å². The second-order valence-corrected chi connectivity index (χ2v) is 5.56. The minimum Gasteiger partial charge on any atom is -0.493 e. The van der Waals surface area contributed by atoms with Crippen LogP contribution in [0.5, 0.6) is 28.7 Å². The fourth-order valence-corrected chi connectivity index (χ4v) is 2.77. The van der Waals surface area contributed by atoms with E-state index in [0.717, 1.165) is 11.1 Å². The van der Waals surface area contributed by atoms with Gasteiger partial charge in [-0.15, -0.1) is 0 Å². The molecular formula is C20H21NO6. The maximum absolute atomic E-state index is 5.53. The predicted octanol–water partition coefficient (Wildman–Crippen LogP) is 4.05. The van der Waals surface area contributed by atoms with Crippen LogP contribution in [0.4, 0.5) is 0 Å². The van der Waals surface area contributed by atoms with Gasteiger partial charge in [-0.2, -0.15) is 0 Å². The molecular weight excluding hydrogens is 350 g/mol. The molecule has 1 aromatic heterocycles. The van der Waals surface area contributed by atoms with Crippen molar-refractivity contribution in [3.63, 3.8) is 0 Å². The van der Waals surface area contributed by atoms with Gasteiger partial charge in [-0.3, -0.25) is 0 Å². The average Bonchev–Trinajstić information content (AvgIpc) is 3.22. The minimum absolute atomic E-state index is 0.517. The van der Waals surface area contributed by atoms with E-state index in [-0.39, 0.29) is 0 Å². The van der Waals surface area contributed by atoms with Crippen molar-refractivity contribution >= 4 is 0 Å². The van der Waals surface area contributed by atoms with Crippen LogP contribution in [0.3, 0.4) is 0 Å². The minimum atomic E-state index is 0.517. The number of hydrogen-bond acceptors (Lipinski definition) is 7. The van der Waals surface area contributed by atoms with Crippen molar-refractivity contribution in [1.82, 2.24) is 5.16 Å². The van der Waals surface area contributed by atoms with Crippen LogP contribution >= 0.6 is 0 Å². The lowest BCUT2D eigenvalue weighted by Crippen LogP contribution is -1.95. The molecule has 0 amide bonds. The summed E-state index contributed by atoms with van der Waals surface area (Å²) in [6.07, 6.45) is 0. The van der Waals surface area contributed by atoms with Gasteiger partial charge in [0.15, 0.2) is 28.8 Å². The molecule has 2 aromatic carbocycles. The smallest absolute Gasteiger partial charge is 0.203 e.